The summed E-state index contributed by atoms with van der Waals surface area (Å²) in [6, 6.07) is 15.2. The zero-order chi connectivity index (χ0) is 18.3. The smallest absolute Gasteiger partial charge is 0.243 e. The highest BCUT2D eigenvalue weighted by molar-refractivity contribution is 7.89. The summed E-state index contributed by atoms with van der Waals surface area (Å²) < 4.78 is 33.7. The molecule has 1 unspecified atom stereocenters. The van der Waals surface area contributed by atoms with E-state index in [9.17, 15) is 8.42 Å². The van der Waals surface area contributed by atoms with Gasteiger partial charge in [0, 0.05) is 25.4 Å². The van der Waals surface area contributed by atoms with Gasteiger partial charge in [0.1, 0.15) is 11.9 Å². The molecule has 5 nitrogen and oxygen atoms in total. The third kappa shape index (κ3) is 3.72. The Morgan fingerprint density at radius 2 is 1.89 bits per heavy atom. The second-order valence-corrected chi connectivity index (χ2v) is 9.18. The molecule has 0 amide bonds. The van der Waals surface area contributed by atoms with E-state index in [0.29, 0.717) is 24.5 Å². The van der Waals surface area contributed by atoms with Gasteiger partial charge in [-0.15, -0.1) is 12.4 Å². The second-order valence-electron chi connectivity index (χ2n) is 7.24. The van der Waals surface area contributed by atoms with Gasteiger partial charge in [-0.05, 0) is 48.7 Å². The molecule has 1 fully saturated rings. The van der Waals surface area contributed by atoms with E-state index in [1.165, 1.54) is 0 Å². The summed E-state index contributed by atoms with van der Waals surface area (Å²) in [5, 5.41) is 0. The number of hydrogen-bond acceptors (Lipinski definition) is 4. The van der Waals surface area contributed by atoms with Crippen LogP contribution in [-0.4, -0.2) is 38.5 Å². The van der Waals surface area contributed by atoms with E-state index in [2.05, 4.69) is 12.1 Å². The van der Waals surface area contributed by atoms with Crippen LogP contribution in [0.5, 0.6) is 5.75 Å². The molecule has 0 spiro atoms. The highest BCUT2D eigenvalue weighted by Gasteiger charge is 2.39. The minimum absolute atomic E-state index is 0. The van der Waals surface area contributed by atoms with Gasteiger partial charge < -0.3 is 10.5 Å². The van der Waals surface area contributed by atoms with Crippen molar-refractivity contribution in [2.45, 2.75) is 30.3 Å². The molecule has 0 radical (unpaired) electrons. The van der Waals surface area contributed by atoms with E-state index in [1.807, 2.05) is 25.1 Å². The van der Waals surface area contributed by atoms with Crippen molar-refractivity contribution in [1.29, 1.82) is 0 Å². The van der Waals surface area contributed by atoms with Gasteiger partial charge in [0.2, 0.25) is 10.0 Å². The Morgan fingerprint density at radius 3 is 2.59 bits per heavy atom. The molecular formula is C20H25ClN2O3S. The number of fused-ring (bicyclic) bond motifs is 1. The van der Waals surface area contributed by atoms with Gasteiger partial charge >= 0.3 is 0 Å². The lowest BCUT2D eigenvalue weighted by Crippen LogP contribution is -2.30. The van der Waals surface area contributed by atoms with Crippen LogP contribution in [0.1, 0.15) is 24.0 Å². The fourth-order valence-electron chi connectivity index (χ4n) is 4.05. The number of sulfonamides is 1. The van der Waals surface area contributed by atoms with Crippen molar-refractivity contribution in [1.82, 2.24) is 4.31 Å². The fraction of sp³-hybridized carbons (Fsp3) is 0.400. The first-order valence-electron chi connectivity index (χ1n) is 9.04. The summed E-state index contributed by atoms with van der Waals surface area (Å²) in [4.78, 5) is 0.346. The number of benzene rings is 2. The van der Waals surface area contributed by atoms with Crippen LogP contribution in [-0.2, 0) is 16.4 Å². The highest BCUT2D eigenvalue weighted by atomic mass is 35.5. The number of hydrogen-bond donors (Lipinski definition) is 1. The Balaban J connectivity index is 0.00000210. The number of nitrogens with zero attached hydrogens (tertiary/aromatic N) is 1. The lowest BCUT2D eigenvalue weighted by molar-refractivity contribution is 0.254. The molecule has 2 heterocycles. The van der Waals surface area contributed by atoms with Gasteiger partial charge in [-0.3, -0.25) is 0 Å². The molecule has 2 aromatic rings. The van der Waals surface area contributed by atoms with E-state index in [1.54, 1.807) is 22.5 Å². The molecular weight excluding hydrogens is 384 g/mol. The summed E-state index contributed by atoms with van der Waals surface area (Å²) in [7, 11) is -3.54. The van der Waals surface area contributed by atoms with Crippen LogP contribution in [0.4, 0.5) is 0 Å². The van der Waals surface area contributed by atoms with E-state index in [0.717, 1.165) is 23.3 Å². The molecule has 2 aliphatic heterocycles. The molecule has 0 saturated carbocycles. The van der Waals surface area contributed by atoms with Gasteiger partial charge in [-0.1, -0.05) is 30.3 Å². The van der Waals surface area contributed by atoms with E-state index in [-0.39, 0.29) is 30.3 Å². The standard InChI is InChI=1S/C20H24N2O3S.ClH/c1-14-9-16-10-18(7-8-20(16)25-14)26(23,24)22-12-17(11-21)19(13-22)15-5-3-2-4-6-15;/h2-8,10,14,17,19H,9,11-13,21H2,1H3;1H/t14?,17-,19+;/m1./s1. The lowest BCUT2D eigenvalue weighted by atomic mass is 9.89. The Kier molecular flexibility index (Phi) is 5.82. The molecule has 27 heavy (non-hydrogen) atoms. The van der Waals surface area contributed by atoms with Crippen molar-refractivity contribution >= 4 is 22.4 Å². The number of halogens is 1. The van der Waals surface area contributed by atoms with Gasteiger partial charge in [-0.2, -0.15) is 4.31 Å². The zero-order valence-corrected chi connectivity index (χ0v) is 16.9. The van der Waals surface area contributed by atoms with Crippen LogP contribution in [0, 0.1) is 5.92 Å². The first kappa shape index (κ1) is 20.1. The highest BCUT2D eigenvalue weighted by Crippen LogP contribution is 2.37. The van der Waals surface area contributed by atoms with Crippen molar-refractivity contribution in [2.24, 2.45) is 11.7 Å². The molecule has 4 rings (SSSR count). The first-order valence-corrected chi connectivity index (χ1v) is 10.5. The summed E-state index contributed by atoms with van der Waals surface area (Å²) in [6.45, 7) is 3.40. The molecule has 146 valence electrons. The van der Waals surface area contributed by atoms with Crippen molar-refractivity contribution in [3.63, 3.8) is 0 Å². The second kappa shape index (κ2) is 7.80. The molecule has 3 atom stereocenters. The first-order chi connectivity index (χ1) is 12.5. The Morgan fingerprint density at radius 1 is 1.15 bits per heavy atom. The van der Waals surface area contributed by atoms with Gasteiger partial charge in [0.05, 0.1) is 4.90 Å². The summed E-state index contributed by atoms with van der Waals surface area (Å²) in [5.41, 5.74) is 8.07. The lowest BCUT2D eigenvalue weighted by Gasteiger charge is -2.17. The molecule has 0 aromatic heterocycles. The minimum Gasteiger partial charge on any atom is -0.490 e. The minimum atomic E-state index is -3.54. The van der Waals surface area contributed by atoms with E-state index >= 15 is 0 Å². The third-order valence-corrected chi connectivity index (χ3v) is 7.27. The number of nitrogens with two attached hydrogens (primary N) is 1. The van der Waals surface area contributed by atoms with Gasteiger partial charge in [0.25, 0.3) is 0 Å². The maximum atomic E-state index is 13.2. The summed E-state index contributed by atoms with van der Waals surface area (Å²) in [6.07, 6.45) is 0.843. The molecule has 2 aliphatic rings. The number of rotatable bonds is 4. The van der Waals surface area contributed by atoms with E-state index in [4.69, 9.17) is 10.5 Å². The van der Waals surface area contributed by atoms with Crippen LogP contribution in [0.25, 0.3) is 0 Å². The average Bonchev–Trinajstić information content (AvgIpc) is 3.24. The molecule has 2 N–H and O–H groups in total. The number of ether oxygens (including phenoxy) is 1. The van der Waals surface area contributed by atoms with Crippen LogP contribution >= 0.6 is 12.4 Å². The maximum absolute atomic E-state index is 13.2. The molecule has 0 bridgehead atoms. The topological polar surface area (TPSA) is 72.6 Å². The SMILES string of the molecule is CC1Cc2cc(S(=O)(=O)N3C[C@@H](CN)[C@H](c4ccccc4)C3)ccc2O1.Cl. The predicted molar refractivity (Wildman–Crippen MR) is 108 cm³/mol. The van der Waals surface area contributed by atoms with Crippen molar-refractivity contribution in [3.8, 4) is 5.75 Å². The third-order valence-electron chi connectivity index (χ3n) is 5.44. The van der Waals surface area contributed by atoms with Gasteiger partial charge in [0.15, 0.2) is 0 Å². The Bertz CT molecular complexity index is 905. The fourth-order valence-corrected chi connectivity index (χ4v) is 5.63. The molecule has 2 aromatic carbocycles. The van der Waals surface area contributed by atoms with Gasteiger partial charge in [-0.25, -0.2) is 8.42 Å². The van der Waals surface area contributed by atoms with Crippen LogP contribution < -0.4 is 10.5 Å². The summed E-state index contributed by atoms with van der Waals surface area (Å²) in [5.74, 6) is 1.05. The van der Waals surface area contributed by atoms with Crippen molar-refractivity contribution in [2.75, 3.05) is 19.6 Å². The monoisotopic (exact) mass is 408 g/mol. The summed E-state index contributed by atoms with van der Waals surface area (Å²) >= 11 is 0. The largest absolute Gasteiger partial charge is 0.490 e. The maximum Gasteiger partial charge on any atom is 0.243 e. The molecule has 0 aliphatic carbocycles. The normalized spacial score (nSPS) is 24.9. The quantitative estimate of drug-likeness (QED) is 0.844. The van der Waals surface area contributed by atoms with Crippen molar-refractivity contribution < 1.29 is 13.2 Å². The Labute approximate surface area is 167 Å². The van der Waals surface area contributed by atoms with Crippen LogP contribution in [0.3, 0.4) is 0 Å². The zero-order valence-electron chi connectivity index (χ0n) is 15.2. The Hall–Kier alpha value is -1.60. The van der Waals surface area contributed by atoms with Crippen LogP contribution in [0.15, 0.2) is 53.4 Å². The predicted octanol–water partition coefficient (Wildman–Crippen LogP) is 2.79. The van der Waals surface area contributed by atoms with Crippen molar-refractivity contribution in [3.05, 3.63) is 59.7 Å². The van der Waals surface area contributed by atoms with E-state index < -0.39 is 10.0 Å². The average molecular weight is 409 g/mol. The molecule has 1 saturated heterocycles. The molecule has 7 heteroatoms. The van der Waals surface area contributed by atoms with Crippen LogP contribution in [0.2, 0.25) is 0 Å².